The second-order valence-electron chi connectivity index (χ2n) is 7.85. The zero-order valence-corrected chi connectivity index (χ0v) is 16.5. The van der Waals surface area contributed by atoms with E-state index < -0.39 is 16.1 Å². The predicted molar refractivity (Wildman–Crippen MR) is 102 cm³/mol. The van der Waals surface area contributed by atoms with E-state index in [1.165, 1.54) is 12.8 Å². The molecule has 1 aromatic rings. The molecule has 148 valence electrons. The highest BCUT2D eigenvalue weighted by Gasteiger charge is 2.41. The molecule has 27 heavy (non-hydrogen) atoms. The number of nitrogens with zero attached hydrogens (tertiary/aromatic N) is 1. The summed E-state index contributed by atoms with van der Waals surface area (Å²) >= 11 is 0. The van der Waals surface area contributed by atoms with Crippen LogP contribution in [-0.2, 0) is 14.8 Å². The first kappa shape index (κ1) is 18.4. The second-order valence-corrected chi connectivity index (χ2v) is 9.71. The molecule has 2 bridgehead atoms. The van der Waals surface area contributed by atoms with Crippen LogP contribution < -0.4 is 19.1 Å². The number of amides is 1. The molecule has 7 nitrogen and oxygen atoms in total. The first-order chi connectivity index (χ1) is 12.8. The van der Waals surface area contributed by atoms with Gasteiger partial charge in [-0.2, -0.15) is 0 Å². The van der Waals surface area contributed by atoms with Gasteiger partial charge >= 0.3 is 0 Å². The van der Waals surface area contributed by atoms with E-state index in [1.54, 1.807) is 25.1 Å². The molecule has 3 aliphatic rings. The third-order valence-electron chi connectivity index (χ3n) is 5.93. The van der Waals surface area contributed by atoms with Gasteiger partial charge < -0.3 is 14.8 Å². The number of rotatable bonds is 5. The number of benzene rings is 1. The molecule has 0 radical (unpaired) electrons. The highest BCUT2D eigenvalue weighted by atomic mass is 32.2. The van der Waals surface area contributed by atoms with Crippen LogP contribution in [0.15, 0.2) is 18.2 Å². The number of sulfonamides is 1. The summed E-state index contributed by atoms with van der Waals surface area (Å²) in [5.41, 5.74) is 0.400. The number of carbonyl (C=O) groups excluding carboxylic acids is 1. The van der Waals surface area contributed by atoms with E-state index >= 15 is 0 Å². The average Bonchev–Trinajstić information content (AvgIpc) is 3.23. The number of anilines is 1. The van der Waals surface area contributed by atoms with Gasteiger partial charge in [-0.1, -0.05) is 6.42 Å². The van der Waals surface area contributed by atoms with Crippen LogP contribution in [0.1, 0.15) is 32.6 Å². The van der Waals surface area contributed by atoms with Gasteiger partial charge in [0.2, 0.25) is 15.9 Å². The van der Waals surface area contributed by atoms with Gasteiger partial charge in [-0.3, -0.25) is 9.10 Å². The van der Waals surface area contributed by atoms with Gasteiger partial charge in [-0.05, 0) is 50.2 Å². The molecular formula is C19H26N2O5S. The monoisotopic (exact) mass is 394 g/mol. The van der Waals surface area contributed by atoms with Gasteiger partial charge in [0, 0.05) is 12.1 Å². The lowest BCUT2D eigenvalue weighted by Gasteiger charge is -2.31. The summed E-state index contributed by atoms with van der Waals surface area (Å²) < 4.78 is 37.2. The molecule has 4 atom stereocenters. The van der Waals surface area contributed by atoms with E-state index in [0.29, 0.717) is 42.2 Å². The van der Waals surface area contributed by atoms with Crippen LogP contribution in [0.5, 0.6) is 11.5 Å². The Labute approximate surface area is 160 Å². The van der Waals surface area contributed by atoms with Crippen molar-refractivity contribution in [3.63, 3.8) is 0 Å². The van der Waals surface area contributed by atoms with Crippen molar-refractivity contribution in [1.82, 2.24) is 5.32 Å². The van der Waals surface area contributed by atoms with Gasteiger partial charge in [0.1, 0.15) is 19.3 Å². The van der Waals surface area contributed by atoms with Gasteiger partial charge in [-0.25, -0.2) is 8.42 Å². The van der Waals surface area contributed by atoms with Crippen LogP contribution in [0.2, 0.25) is 0 Å². The summed E-state index contributed by atoms with van der Waals surface area (Å²) in [6.45, 7) is 2.50. The maximum atomic E-state index is 12.9. The van der Waals surface area contributed by atoms with Gasteiger partial charge in [0.05, 0.1) is 11.9 Å². The molecule has 1 amide bonds. The fourth-order valence-electron chi connectivity index (χ4n) is 4.70. The summed E-state index contributed by atoms with van der Waals surface area (Å²) in [4.78, 5) is 12.9. The molecular weight excluding hydrogens is 368 g/mol. The highest BCUT2D eigenvalue weighted by molar-refractivity contribution is 7.92. The van der Waals surface area contributed by atoms with Gasteiger partial charge in [-0.15, -0.1) is 0 Å². The van der Waals surface area contributed by atoms with Crippen molar-refractivity contribution in [2.45, 2.75) is 44.7 Å². The molecule has 2 aliphatic carbocycles. The fourth-order valence-corrected chi connectivity index (χ4v) is 5.87. The molecule has 8 heteroatoms. The molecule has 1 aliphatic heterocycles. The molecule has 2 saturated carbocycles. The molecule has 1 N–H and O–H groups in total. The Bertz CT molecular complexity index is 841. The molecule has 0 aromatic heterocycles. The standard InChI is InChI=1S/C19H26N2O5S/c1-12(19(22)20-16-10-13-3-4-14(16)9-13)21(27(2,23)24)15-5-6-17-18(11-15)26-8-7-25-17/h5-6,11-14,16H,3-4,7-10H2,1-2H3,(H,20,22)/t12-,13-,14-,16-/m0/s1. The first-order valence-corrected chi connectivity index (χ1v) is 11.4. The van der Waals surface area contributed by atoms with Gasteiger partial charge in [0.15, 0.2) is 11.5 Å². The predicted octanol–water partition coefficient (Wildman–Crippen LogP) is 1.92. The largest absolute Gasteiger partial charge is 0.486 e. The van der Waals surface area contributed by atoms with Crippen LogP contribution in [0.25, 0.3) is 0 Å². The Morgan fingerprint density at radius 3 is 2.56 bits per heavy atom. The van der Waals surface area contributed by atoms with Crippen molar-refractivity contribution in [2.24, 2.45) is 11.8 Å². The molecule has 0 spiro atoms. The number of ether oxygens (including phenoxy) is 2. The number of hydrogen-bond acceptors (Lipinski definition) is 5. The van der Waals surface area contributed by atoms with E-state index in [-0.39, 0.29) is 11.9 Å². The maximum absolute atomic E-state index is 12.9. The van der Waals surface area contributed by atoms with E-state index in [9.17, 15) is 13.2 Å². The first-order valence-electron chi connectivity index (χ1n) is 9.52. The molecule has 0 saturated heterocycles. The lowest BCUT2D eigenvalue weighted by molar-refractivity contribution is -0.122. The molecule has 0 unspecified atom stereocenters. The molecule has 4 rings (SSSR count). The minimum Gasteiger partial charge on any atom is -0.486 e. The third kappa shape index (κ3) is 3.59. The van der Waals surface area contributed by atoms with E-state index in [2.05, 4.69) is 5.32 Å². The van der Waals surface area contributed by atoms with Crippen molar-refractivity contribution in [1.29, 1.82) is 0 Å². The molecule has 2 fully saturated rings. The maximum Gasteiger partial charge on any atom is 0.243 e. The summed E-state index contributed by atoms with van der Waals surface area (Å²) in [6, 6.07) is 4.28. The van der Waals surface area contributed by atoms with Crippen LogP contribution in [0.3, 0.4) is 0 Å². The Morgan fingerprint density at radius 1 is 1.19 bits per heavy atom. The Kier molecular flexibility index (Phi) is 4.70. The van der Waals surface area contributed by atoms with E-state index in [0.717, 1.165) is 23.4 Å². The minimum atomic E-state index is -3.66. The van der Waals surface area contributed by atoms with Crippen molar-refractivity contribution in [2.75, 3.05) is 23.8 Å². The zero-order valence-electron chi connectivity index (χ0n) is 15.7. The SMILES string of the molecule is C[C@@H](C(=O)N[C@H]1C[C@H]2CC[C@H]1C2)N(c1ccc2c(c1)OCCO2)S(C)(=O)=O. The molecule has 1 aromatic carbocycles. The zero-order chi connectivity index (χ0) is 19.2. The smallest absolute Gasteiger partial charge is 0.243 e. The van der Waals surface area contributed by atoms with Gasteiger partial charge in [0.25, 0.3) is 0 Å². The van der Waals surface area contributed by atoms with Crippen LogP contribution in [0, 0.1) is 11.8 Å². The van der Waals surface area contributed by atoms with Crippen molar-refractivity contribution in [3.8, 4) is 11.5 Å². The van der Waals surface area contributed by atoms with Crippen LogP contribution >= 0.6 is 0 Å². The van der Waals surface area contributed by atoms with Crippen LogP contribution in [-0.4, -0.2) is 45.9 Å². The fraction of sp³-hybridized carbons (Fsp3) is 0.632. The summed E-state index contributed by atoms with van der Waals surface area (Å²) in [7, 11) is -3.66. The number of nitrogens with one attached hydrogen (secondary N) is 1. The summed E-state index contributed by atoms with van der Waals surface area (Å²) in [5, 5.41) is 3.09. The van der Waals surface area contributed by atoms with E-state index in [4.69, 9.17) is 9.47 Å². The average molecular weight is 394 g/mol. The number of carbonyl (C=O) groups is 1. The Hall–Kier alpha value is -1.96. The highest BCUT2D eigenvalue weighted by Crippen LogP contribution is 2.44. The Morgan fingerprint density at radius 2 is 1.93 bits per heavy atom. The topological polar surface area (TPSA) is 84.9 Å². The second kappa shape index (κ2) is 6.89. The minimum absolute atomic E-state index is 0.167. The Balaban J connectivity index is 1.55. The normalized spacial score (nSPS) is 27.3. The van der Waals surface area contributed by atoms with Crippen molar-refractivity contribution >= 4 is 21.6 Å². The quantitative estimate of drug-likeness (QED) is 0.825. The summed E-state index contributed by atoms with van der Waals surface area (Å²) in [6.07, 6.45) is 5.70. The van der Waals surface area contributed by atoms with Crippen molar-refractivity contribution < 1.29 is 22.7 Å². The molecule has 1 heterocycles. The van der Waals surface area contributed by atoms with Crippen LogP contribution in [0.4, 0.5) is 5.69 Å². The number of hydrogen-bond donors (Lipinski definition) is 1. The van der Waals surface area contributed by atoms with E-state index in [1.807, 2.05) is 0 Å². The lowest BCUT2D eigenvalue weighted by atomic mass is 9.95. The third-order valence-corrected chi connectivity index (χ3v) is 7.18. The number of fused-ring (bicyclic) bond motifs is 3. The summed E-state index contributed by atoms with van der Waals surface area (Å²) in [5.74, 6) is 2.06. The lowest BCUT2D eigenvalue weighted by Crippen LogP contribution is -2.51. The van der Waals surface area contributed by atoms with Crippen molar-refractivity contribution in [3.05, 3.63) is 18.2 Å².